The number of nitrogens with zero attached hydrogens (tertiary/aromatic N) is 3. The summed E-state index contributed by atoms with van der Waals surface area (Å²) in [6.07, 6.45) is -2.97. The third kappa shape index (κ3) is 6.36. The molecule has 5 N–H and O–H groups in total. The second-order valence-electron chi connectivity index (χ2n) is 7.90. The lowest BCUT2D eigenvalue weighted by Crippen LogP contribution is -2.33. The molecular weight excluding hydrogens is 439 g/mol. The van der Waals surface area contributed by atoms with Crippen LogP contribution < -0.4 is 16.1 Å². The van der Waals surface area contributed by atoms with E-state index < -0.39 is 29.9 Å². The molecule has 0 radical (unpaired) electrons. The highest BCUT2D eigenvalue weighted by Gasteiger charge is 2.34. The number of carbonyl (C=O) groups excluding carboxylic acids is 1. The normalized spacial score (nSPS) is 16.0. The molecular formula is C22H26F3N5O3. The Morgan fingerprint density at radius 3 is 2.58 bits per heavy atom. The predicted octanol–water partition coefficient (Wildman–Crippen LogP) is 3.04. The van der Waals surface area contributed by atoms with E-state index in [1.807, 2.05) is 7.05 Å². The number of benzene rings is 2. The van der Waals surface area contributed by atoms with Gasteiger partial charge in [-0.3, -0.25) is 15.0 Å². The van der Waals surface area contributed by atoms with Crippen molar-refractivity contribution in [2.45, 2.75) is 25.1 Å². The van der Waals surface area contributed by atoms with Crippen LogP contribution in [0.4, 0.5) is 24.5 Å². The van der Waals surface area contributed by atoms with E-state index in [1.54, 1.807) is 6.07 Å². The van der Waals surface area contributed by atoms with Gasteiger partial charge < -0.3 is 21.1 Å². The van der Waals surface area contributed by atoms with Crippen LogP contribution in [-0.2, 0) is 11.0 Å². The first-order valence-electron chi connectivity index (χ1n) is 10.3. The Balaban J connectivity index is 1.70. The van der Waals surface area contributed by atoms with Crippen LogP contribution in [0.3, 0.4) is 0 Å². The Labute approximate surface area is 189 Å². The van der Waals surface area contributed by atoms with Crippen molar-refractivity contribution in [3.05, 3.63) is 53.6 Å². The monoisotopic (exact) mass is 465 g/mol. The highest BCUT2D eigenvalue weighted by molar-refractivity contribution is 6.01. The molecule has 1 aliphatic heterocycles. The zero-order chi connectivity index (χ0) is 24.2. The summed E-state index contributed by atoms with van der Waals surface area (Å²) in [6, 6.07) is 8.73. The number of phenolic OH excluding ortho intramolecular Hbond substituents is 1. The first kappa shape index (κ1) is 24.3. The molecule has 1 aliphatic rings. The number of amidine groups is 1. The molecule has 3 rings (SSSR count). The van der Waals surface area contributed by atoms with Crippen molar-refractivity contribution in [1.82, 2.24) is 4.90 Å². The van der Waals surface area contributed by atoms with Crippen LogP contribution in [0.25, 0.3) is 0 Å². The van der Waals surface area contributed by atoms with Gasteiger partial charge in [0.25, 0.3) is 0 Å². The average molecular weight is 465 g/mol. The number of alkyl halides is 3. The SMILES string of the molecule is CN1CCC(N=C(N)c2ccc(O)c(NC(=O)CN(O)c3ccccc3C(F)(F)F)c2)CC1. The molecule has 1 fully saturated rings. The van der Waals surface area contributed by atoms with Crippen LogP contribution in [0.15, 0.2) is 47.5 Å². The number of hydrogen-bond acceptors (Lipinski definition) is 6. The van der Waals surface area contributed by atoms with E-state index >= 15 is 0 Å². The van der Waals surface area contributed by atoms with Crippen LogP contribution in [0.1, 0.15) is 24.0 Å². The summed E-state index contributed by atoms with van der Waals surface area (Å²) < 4.78 is 39.5. The summed E-state index contributed by atoms with van der Waals surface area (Å²) in [5, 5.41) is 22.8. The van der Waals surface area contributed by atoms with Gasteiger partial charge in [0.1, 0.15) is 18.1 Å². The zero-order valence-corrected chi connectivity index (χ0v) is 18.0. The molecule has 0 unspecified atom stereocenters. The van der Waals surface area contributed by atoms with Crippen LogP contribution in [0.5, 0.6) is 5.75 Å². The molecule has 2 aromatic carbocycles. The molecule has 33 heavy (non-hydrogen) atoms. The van der Waals surface area contributed by atoms with Gasteiger partial charge in [-0.1, -0.05) is 12.1 Å². The molecule has 0 aromatic heterocycles. The van der Waals surface area contributed by atoms with Gasteiger partial charge >= 0.3 is 6.18 Å². The Bertz CT molecular complexity index is 1020. The molecule has 0 spiro atoms. The fraction of sp³-hybridized carbons (Fsp3) is 0.364. The molecule has 1 saturated heterocycles. The summed E-state index contributed by atoms with van der Waals surface area (Å²) in [5.74, 6) is -0.852. The van der Waals surface area contributed by atoms with E-state index in [0.717, 1.165) is 38.1 Å². The van der Waals surface area contributed by atoms with E-state index in [0.29, 0.717) is 5.56 Å². The first-order chi connectivity index (χ1) is 15.5. The van der Waals surface area contributed by atoms with Crippen molar-refractivity contribution in [3.63, 3.8) is 0 Å². The standard InChI is InChI=1S/C22H26F3N5O3/c1-29-10-8-15(9-11-29)27-21(26)14-6-7-19(31)17(12-14)28-20(32)13-30(33)18-5-3-2-4-16(18)22(23,24)25/h2-7,12,15,31,33H,8-11,13H2,1H3,(H2,26,27)(H,28,32). The number of nitrogens with two attached hydrogens (primary N) is 1. The predicted molar refractivity (Wildman–Crippen MR) is 119 cm³/mol. The number of aliphatic imine (C=N–C) groups is 1. The van der Waals surface area contributed by atoms with Crippen LogP contribution in [0, 0.1) is 0 Å². The van der Waals surface area contributed by atoms with E-state index in [4.69, 9.17) is 5.73 Å². The summed E-state index contributed by atoms with van der Waals surface area (Å²) >= 11 is 0. The second kappa shape index (κ2) is 10.1. The Morgan fingerprint density at radius 1 is 1.24 bits per heavy atom. The van der Waals surface area contributed by atoms with E-state index in [-0.39, 0.29) is 28.4 Å². The third-order valence-corrected chi connectivity index (χ3v) is 5.36. The fourth-order valence-electron chi connectivity index (χ4n) is 3.54. The number of nitrogens with one attached hydrogen (secondary N) is 1. The molecule has 0 atom stereocenters. The van der Waals surface area contributed by atoms with Gasteiger partial charge in [-0.05, 0) is 63.3 Å². The maximum absolute atomic E-state index is 13.2. The molecule has 0 saturated carbocycles. The number of amides is 1. The number of halogens is 3. The number of hydrogen-bond donors (Lipinski definition) is 4. The minimum Gasteiger partial charge on any atom is -0.506 e. The van der Waals surface area contributed by atoms with Gasteiger partial charge in [0.15, 0.2) is 0 Å². The number of para-hydroxylation sites is 1. The highest BCUT2D eigenvalue weighted by atomic mass is 19.4. The summed E-state index contributed by atoms with van der Waals surface area (Å²) in [7, 11) is 2.04. The maximum atomic E-state index is 13.2. The first-order valence-corrected chi connectivity index (χ1v) is 10.3. The van der Waals surface area contributed by atoms with Gasteiger partial charge in [-0.15, -0.1) is 0 Å². The number of aromatic hydroxyl groups is 1. The van der Waals surface area contributed by atoms with E-state index in [1.165, 1.54) is 24.3 Å². The van der Waals surface area contributed by atoms with Crippen LogP contribution in [-0.4, -0.2) is 59.7 Å². The van der Waals surface area contributed by atoms with Gasteiger partial charge in [0, 0.05) is 5.56 Å². The van der Waals surface area contributed by atoms with Gasteiger partial charge in [0.05, 0.1) is 23.0 Å². The van der Waals surface area contributed by atoms with Crippen LogP contribution >= 0.6 is 0 Å². The average Bonchev–Trinajstić information content (AvgIpc) is 2.76. The number of phenols is 1. The molecule has 1 amide bonds. The molecule has 8 nitrogen and oxygen atoms in total. The van der Waals surface area contributed by atoms with Crippen molar-refractivity contribution in [3.8, 4) is 5.75 Å². The molecule has 11 heteroatoms. The smallest absolute Gasteiger partial charge is 0.418 e. The van der Waals surface area contributed by atoms with Crippen molar-refractivity contribution >= 4 is 23.1 Å². The molecule has 0 bridgehead atoms. The molecule has 178 valence electrons. The Morgan fingerprint density at radius 2 is 1.91 bits per heavy atom. The van der Waals surface area contributed by atoms with Crippen LogP contribution in [0.2, 0.25) is 0 Å². The lowest BCUT2D eigenvalue weighted by Gasteiger charge is -2.26. The van der Waals surface area contributed by atoms with Crippen molar-refractivity contribution in [2.24, 2.45) is 10.7 Å². The highest BCUT2D eigenvalue weighted by Crippen LogP contribution is 2.36. The summed E-state index contributed by atoms with van der Waals surface area (Å²) in [6.45, 7) is 1.02. The summed E-state index contributed by atoms with van der Waals surface area (Å²) in [5.41, 5.74) is 4.94. The Kier molecular flexibility index (Phi) is 7.44. The zero-order valence-electron chi connectivity index (χ0n) is 18.0. The quantitative estimate of drug-likeness (QED) is 0.226. The topological polar surface area (TPSA) is 114 Å². The minimum atomic E-state index is -4.70. The largest absolute Gasteiger partial charge is 0.506 e. The van der Waals surface area contributed by atoms with Crippen molar-refractivity contribution in [2.75, 3.05) is 37.1 Å². The number of likely N-dealkylation sites (tertiary alicyclic amines) is 1. The number of rotatable bonds is 6. The van der Waals surface area contributed by atoms with E-state index in [2.05, 4.69) is 15.2 Å². The van der Waals surface area contributed by atoms with Crippen molar-refractivity contribution < 1.29 is 28.3 Å². The fourth-order valence-corrected chi connectivity index (χ4v) is 3.54. The second-order valence-corrected chi connectivity index (χ2v) is 7.90. The molecule has 0 aliphatic carbocycles. The number of anilines is 2. The van der Waals surface area contributed by atoms with E-state index in [9.17, 15) is 28.3 Å². The van der Waals surface area contributed by atoms with Gasteiger partial charge in [-0.2, -0.15) is 13.2 Å². The number of carbonyl (C=O) groups is 1. The number of hydroxylamine groups is 1. The number of piperidine rings is 1. The lowest BCUT2D eigenvalue weighted by atomic mass is 10.1. The minimum absolute atomic E-state index is 0.00321. The maximum Gasteiger partial charge on any atom is 0.418 e. The van der Waals surface area contributed by atoms with Crippen molar-refractivity contribution in [1.29, 1.82) is 0 Å². The van der Waals surface area contributed by atoms with Gasteiger partial charge in [0.2, 0.25) is 5.91 Å². The molecule has 1 heterocycles. The molecule has 2 aromatic rings. The Hall–Kier alpha value is -3.31. The lowest BCUT2D eigenvalue weighted by molar-refractivity contribution is -0.137. The third-order valence-electron chi connectivity index (χ3n) is 5.36. The van der Waals surface area contributed by atoms with Gasteiger partial charge in [-0.25, -0.2) is 5.06 Å². The summed E-state index contributed by atoms with van der Waals surface area (Å²) in [4.78, 5) is 19.1.